The largest absolute Gasteiger partial charge is 0.376 e. The van der Waals surface area contributed by atoms with E-state index >= 15 is 0 Å². The van der Waals surface area contributed by atoms with E-state index in [-0.39, 0.29) is 24.4 Å². The maximum atomic E-state index is 12.5. The van der Waals surface area contributed by atoms with E-state index in [1.165, 1.54) is 0 Å². The van der Waals surface area contributed by atoms with Gasteiger partial charge in [-0.2, -0.15) is 0 Å². The molecule has 0 heterocycles. The Labute approximate surface area is 183 Å². The fourth-order valence-corrected chi connectivity index (χ4v) is 3.34. The molecule has 0 aliphatic rings. The summed E-state index contributed by atoms with van der Waals surface area (Å²) in [5, 5.41) is 9.07. The van der Waals surface area contributed by atoms with Crippen molar-refractivity contribution in [1.29, 1.82) is 0 Å². The average Bonchev–Trinajstić information content (AvgIpc) is 2.78. The van der Waals surface area contributed by atoms with Crippen LogP contribution in [0.3, 0.4) is 0 Å². The van der Waals surface area contributed by atoms with Gasteiger partial charge in [-0.3, -0.25) is 9.59 Å². The Kier molecular flexibility index (Phi) is 7.44. The minimum atomic E-state index is -0.133. The highest BCUT2D eigenvalue weighted by Crippen LogP contribution is 2.23. The quantitative estimate of drug-likeness (QED) is 0.464. The predicted octanol–water partition coefficient (Wildman–Crippen LogP) is 5.35. The van der Waals surface area contributed by atoms with Crippen LogP contribution in [0.25, 0.3) is 0 Å². The van der Waals surface area contributed by atoms with Crippen LogP contribution in [0, 0.1) is 0 Å². The van der Waals surface area contributed by atoms with E-state index in [1.807, 2.05) is 61.5 Å². The number of benzene rings is 3. The molecular formula is C26H29N3O2. The molecule has 3 N–H and O–H groups in total. The molecule has 5 nitrogen and oxygen atoms in total. The van der Waals surface area contributed by atoms with Crippen molar-refractivity contribution in [3.8, 4) is 0 Å². The molecule has 0 aliphatic carbocycles. The first kappa shape index (κ1) is 22.1. The second-order valence-corrected chi connectivity index (χ2v) is 7.83. The molecule has 31 heavy (non-hydrogen) atoms. The van der Waals surface area contributed by atoms with Crippen LogP contribution in [0.4, 0.5) is 11.4 Å². The molecule has 0 aromatic heterocycles. The molecule has 0 fully saturated rings. The fraction of sp³-hybridized carbons (Fsp3) is 0.231. The van der Waals surface area contributed by atoms with Crippen LogP contribution >= 0.6 is 0 Å². The summed E-state index contributed by atoms with van der Waals surface area (Å²) >= 11 is 0. The van der Waals surface area contributed by atoms with E-state index in [0.717, 1.165) is 22.5 Å². The molecule has 0 saturated carbocycles. The molecule has 0 saturated heterocycles. The first-order valence-electron chi connectivity index (χ1n) is 10.5. The Bertz CT molecular complexity index is 1010. The van der Waals surface area contributed by atoms with Gasteiger partial charge in [-0.25, -0.2) is 0 Å². The molecule has 0 radical (unpaired) electrons. The van der Waals surface area contributed by atoms with Crippen molar-refractivity contribution in [2.45, 2.75) is 32.7 Å². The second-order valence-electron chi connectivity index (χ2n) is 7.83. The summed E-state index contributed by atoms with van der Waals surface area (Å²) in [6, 6.07) is 24.7. The van der Waals surface area contributed by atoms with Crippen molar-refractivity contribution in [3.05, 3.63) is 95.6 Å². The minimum Gasteiger partial charge on any atom is -0.376 e. The molecule has 0 bridgehead atoms. The molecule has 1 unspecified atom stereocenters. The lowest BCUT2D eigenvalue weighted by Crippen LogP contribution is -2.26. The van der Waals surface area contributed by atoms with Gasteiger partial charge in [0, 0.05) is 16.9 Å². The molecule has 160 valence electrons. The number of hydrogen-bond donors (Lipinski definition) is 3. The average molecular weight is 416 g/mol. The molecule has 3 aromatic rings. The summed E-state index contributed by atoms with van der Waals surface area (Å²) in [6.45, 7) is 6.30. The lowest BCUT2D eigenvalue weighted by atomic mass is 10.0. The van der Waals surface area contributed by atoms with Crippen molar-refractivity contribution >= 4 is 23.2 Å². The van der Waals surface area contributed by atoms with Crippen molar-refractivity contribution in [1.82, 2.24) is 5.32 Å². The SMILES string of the molecule is CC(C)c1ccccc1NC(=O)CNc1ccc(C(=O)NC(C)c2ccccc2)cc1. The number of anilines is 2. The van der Waals surface area contributed by atoms with E-state index < -0.39 is 0 Å². The van der Waals surface area contributed by atoms with Crippen LogP contribution < -0.4 is 16.0 Å². The summed E-state index contributed by atoms with van der Waals surface area (Å²) in [6.07, 6.45) is 0. The van der Waals surface area contributed by atoms with E-state index in [4.69, 9.17) is 0 Å². The van der Waals surface area contributed by atoms with Gasteiger partial charge in [0.15, 0.2) is 0 Å². The number of rotatable bonds is 8. The standard InChI is InChI=1S/C26H29N3O2/c1-18(2)23-11-7-8-12-24(23)29-25(30)17-27-22-15-13-21(14-16-22)26(31)28-19(3)20-9-5-4-6-10-20/h4-16,18-19,27H,17H2,1-3H3,(H,28,31)(H,29,30). The van der Waals surface area contributed by atoms with Gasteiger partial charge in [0.05, 0.1) is 12.6 Å². The van der Waals surface area contributed by atoms with Gasteiger partial charge < -0.3 is 16.0 Å². The highest BCUT2D eigenvalue weighted by molar-refractivity contribution is 5.96. The van der Waals surface area contributed by atoms with E-state index in [1.54, 1.807) is 24.3 Å². The van der Waals surface area contributed by atoms with E-state index in [0.29, 0.717) is 11.5 Å². The fourth-order valence-electron chi connectivity index (χ4n) is 3.34. The van der Waals surface area contributed by atoms with Crippen LogP contribution in [0.5, 0.6) is 0 Å². The van der Waals surface area contributed by atoms with Crippen LogP contribution in [-0.2, 0) is 4.79 Å². The number of carbonyl (C=O) groups is 2. The molecule has 0 aliphatic heterocycles. The number of hydrogen-bond acceptors (Lipinski definition) is 3. The lowest BCUT2D eigenvalue weighted by molar-refractivity contribution is -0.114. The van der Waals surface area contributed by atoms with Crippen LogP contribution in [0.1, 0.15) is 54.2 Å². The van der Waals surface area contributed by atoms with Gasteiger partial charge in [-0.1, -0.05) is 62.4 Å². The smallest absolute Gasteiger partial charge is 0.251 e. The highest BCUT2D eigenvalue weighted by atomic mass is 16.2. The third-order valence-electron chi connectivity index (χ3n) is 5.10. The molecule has 1 atom stereocenters. The van der Waals surface area contributed by atoms with Gasteiger partial charge in [-0.05, 0) is 54.3 Å². The number of amides is 2. The van der Waals surface area contributed by atoms with Crippen molar-refractivity contribution in [3.63, 3.8) is 0 Å². The maximum absolute atomic E-state index is 12.5. The van der Waals surface area contributed by atoms with Crippen molar-refractivity contribution in [2.75, 3.05) is 17.2 Å². The summed E-state index contributed by atoms with van der Waals surface area (Å²) in [5.74, 6) is 0.0744. The monoisotopic (exact) mass is 415 g/mol. The van der Waals surface area contributed by atoms with Gasteiger partial charge >= 0.3 is 0 Å². The summed E-state index contributed by atoms with van der Waals surface area (Å²) in [4.78, 5) is 24.9. The molecule has 2 amide bonds. The van der Waals surface area contributed by atoms with Crippen molar-refractivity contribution < 1.29 is 9.59 Å². The first-order chi connectivity index (χ1) is 14.9. The Morgan fingerprint density at radius 2 is 1.45 bits per heavy atom. The van der Waals surface area contributed by atoms with Gasteiger partial charge in [0.1, 0.15) is 0 Å². The second kappa shape index (κ2) is 10.4. The Hall–Kier alpha value is -3.60. The number of carbonyl (C=O) groups excluding carboxylic acids is 2. The van der Waals surface area contributed by atoms with Crippen LogP contribution in [-0.4, -0.2) is 18.4 Å². The molecule has 3 rings (SSSR count). The van der Waals surface area contributed by atoms with Crippen LogP contribution in [0.2, 0.25) is 0 Å². The zero-order valence-corrected chi connectivity index (χ0v) is 18.2. The maximum Gasteiger partial charge on any atom is 0.251 e. The zero-order valence-electron chi connectivity index (χ0n) is 18.2. The number of nitrogens with one attached hydrogen (secondary N) is 3. The third kappa shape index (κ3) is 6.19. The van der Waals surface area contributed by atoms with Crippen LogP contribution in [0.15, 0.2) is 78.9 Å². The van der Waals surface area contributed by atoms with Gasteiger partial charge in [0.25, 0.3) is 5.91 Å². The first-order valence-corrected chi connectivity index (χ1v) is 10.5. The lowest BCUT2D eigenvalue weighted by Gasteiger charge is -2.15. The summed E-state index contributed by atoms with van der Waals surface area (Å²) in [7, 11) is 0. The van der Waals surface area contributed by atoms with E-state index in [9.17, 15) is 9.59 Å². The van der Waals surface area contributed by atoms with Gasteiger partial charge in [0.2, 0.25) is 5.91 Å². The number of para-hydroxylation sites is 1. The highest BCUT2D eigenvalue weighted by Gasteiger charge is 2.12. The molecule has 3 aromatic carbocycles. The van der Waals surface area contributed by atoms with Gasteiger partial charge in [-0.15, -0.1) is 0 Å². The summed E-state index contributed by atoms with van der Waals surface area (Å²) in [5.41, 5.74) is 4.35. The normalized spacial score (nSPS) is 11.6. The zero-order chi connectivity index (χ0) is 22.2. The Morgan fingerprint density at radius 1 is 0.806 bits per heavy atom. The summed E-state index contributed by atoms with van der Waals surface area (Å²) < 4.78 is 0. The predicted molar refractivity (Wildman–Crippen MR) is 126 cm³/mol. The molecular weight excluding hydrogens is 386 g/mol. The third-order valence-corrected chi connectivity index (χ3v) is 5.10. The Balaban J connectivity index is 1.52. The topological polar surface area (TPSA) is 70.2 Å². The minimum absolute atomic E-state index is 0.0797. The molecule has 0 spiro atoms. The van der Waals surface area contributed by atoms with E-state index in [2.05, 4.69) is 29.8 Å². The Morgan fingerprint density at radius 3 is 2.13 bits per heavy atom. The molecule has 5 heteroatoms. The van der Waals surface area contributed by atoms with Crippen molar-refractivity contribution in [2.24, 2.45) is 0 Å².